The molecule has 0 atom stereocenters. The Hall–Kier alpha value is -3.56. The van der Waals surface area contributed by atoms with Crippen molar-refractivity contribution in [1.82, 2.24) is 10.6 Å². The van der Waals surface area contributed by atoms with E-state index in [2.05, 4.69) is 21.3 Å². The summed E-state index contributed by atoms with van der Waals surface area (Å²) in [5, 5.41) is 10.4. The van der Waals surface area contributed by atoms with Crippen LogP contribution < -0.4 is 21.3 Å². The Labute approximate surface area is 189 Å². The average Bonchev–Trinajstić information content (AvgIpc) is 3.32. The molecule has 1 aliphatic rings. The van der Waals surface area contributed by atoms with Crippen molar-refractivity contribution in [3.63, 3.8) is 0 Å². The molecule has 3 rings (SSSR count). The van der Waals surface area contributed by atoms with E-state index in [0.717, 1.165) is 49.9 Å². The Bertz CT molecular complexity index is 970. The van der Waals surface area contributed by atoms with Gasteiger partial charge in [0, 0.05) is 35.9 Å². The van der Waals surface area contributed by atoms with Crippen LogP contribution in [0, 0.1) is 5.92 Å². The van der Waals surface area contributed by atoms with E-state index in [-0.39, 0.29) is 36.5 Å². The fraction of sp³-hybridized carbons (Fsp3) is 0.348. The van der Waals surface area contributed by atoms with Crippen molar-refractivity contribution in [1.29, 1.82) is 0 Å². The highest BCUT2D eigenvalue weighted by Gasteiger charge is 2.30. The lowest BCUT2D eigenvalue weighted by Gasteiger charge is -2.11. The molecule has 0 aromatic heterocycles. The lowest BCUT2D eigenvalue weighted by molar-refractivity contribution is -0.137. The second-order valence-electron chi connectivity index (χ2n) is 7.76. The number of carbonyl (C=O) groups excluding carboxylic acids is 3. The van der Waals surface area contributed by atoms with Crippen LogP contribution in [0.5, 0.6) is 0 Å². The zero-order valence-corrected chi connectivity index (χ0v) is 17.8. The molecule has 7 nitrogen and oxygen atoms in total. The van der Waals surface area contributed by atoms with Gasteiger partial charge in [0.1, 0.15) is 0 Å². The van der Waals surface area contributed by atoms with E-state index in [1.807, 2.05) is 0 Å². The van der Waals surface area contributed by atoms with Crippen molar-refractivity contribution in [2.24, 2.45) is 5.92 Å². The molecule has 0 unspecified atom stereocenters. The van der Waals surface area contributed by atoms with Gasteiger partial charge < -0.3 is 21.3 Å². The lowest BCUT2D eigenvalue weighted by atomic mass is 10.1. The van der Waals surface area contributed by atoms with Gasteiger partial charge in [0.25, 0.3) is 5.91 Å². The molecule has 1 aliphatic carbocycles. The molecule has 0 bridgehead atoms. The largest absolute Gasteiger partial charge is 0.416 e. The second kappa shape index (κ2) is 10.8. The Balaban J connectivity index is 1.36. The van der Waals surface area contributed by atoms with E-state index in [1.54, 1.807) is 24.3 Å². The predicted octanol–water partition coefficient (Wildman–Crippen LogP) is 4.39. The number of halogens is 3. The van der Waals surface area contributed by atoms with Crippen LogP contribution in [0.25, 0.3) is 0 Å². The van der Waals surface area contributed by atoms with Gasteiger partial charge in [0.05, 0.1) is 5.56 Å². The molecular weight excluding hydrogens is 437 g/mol. The number of hydrogen-bond donors (Lipinski definition) is 4. The minimum Gasteiger partial charge on any atom is -0.350 e. The van der Waals surface area contributed by atoms with Crippen LogP contribution in [-0.4, -0.2) is 30.9 Å². The van der Waals surface area contributed by atoms with Crippen LogP contribution in [0.3, 0.4) is 0 Å². The zero-order chi connectivity index (χ0) is 23.8. The average molecular weight is 462 g/mol. The van der Waals surface area contributed by atoms with Crippen molar-refractivity contribution in [2.75, 3.05) is 23.7 Å². The minimum atomic E-state index is -4.44. The van der Waals surface area contributed by atoms with Gasteiger partial charge in [-0.15, -0.1) is 0 Å². The van der Waals surface area contributed by atoms with Gasteiger partial charge in [-0.1, -0.05) is 12.8 Å². The molecule has 4 N–H and O–H groups in total. The molecule has 10 heteroatoms. The summed E-state index contributed by atoms with van der Waals surface area (Å²) in [6.45, 7) is 0.271. The molecule has 33 heavy (non-hydrogen) atoms. The lowest BCUT2D eigenvalue weighted by Crippen LogP contribution is -2.36. The van der Waals surface area contributed by atoms with E-state index in [0.29, 0.717) is 11.3 Å². The maximum atomic E-state index is 12.6. The van der Waals surface area contributed by atoms with E-state index in [1.165, 1.54) is 0 Å². The summed E-state index contributed by atoms with van der Waals surface area (Å²) >= 11 is 0. The Morgan fingerprint density at radius 3 is 1.94 bits per heavy atom. The highest BCUT2D eigenvalue weighted by molar-refractivity contribution is 5.96. The van der Waals surface area contributed by atoms with Gasteiger partial charge in [-0.2, -0.15) is 13.2 Å². The van der Waals surface area contributed by atoms with Crippen LogP contribution in [0.15, 0.2) is 48.5 Å². The van der Waals surface area contributed by atoms with Gasteiger partial charge in [0.15, 0.2) is 0 Å². The van der Waals surface area contributed by atoms with Crippen molar-refractivity contribution in [2.45, 2.75) is 31.9 Å². The first-order valence-corrected chi connectivity index (χ1v) is 10.6. The van der Waals surface area contributed by atoms with Gasteiger partial charge >= 0.3 is 12.2 Å². The van der Waals surface area contributed by atoms with Crippen molar-refractivity contribution < 1.29 is 27.6 Å². The van der Waals surface area contributed by atoms with Crippen LogP contribution in [0.4, 0.5) is 29.3 Å². The van der Waals surface area contributed by atoms with Crippen LogP contribution >= 0.6 is 0 Å². The number of rotatable bonds is 7. The fourth-order valence-electron chi connectivity index (χ4n) is 3.51. The smallest absolute Gasteiger partial charge is 0.350 e. The molecule has 1 saturated carbocycles. The fourth-order valence-corrected chi connectivity index (χ4v) is 3.51. The third-order valence-electron chi connectivity index (χ3n) is 5.31. The maximum Gasteiger partial charge on any atom is 0.416 e. The number of benzene rings is 2. The maximum absolute atomic E-state index is 12.6. The quantitative estimate of drug-likeness (QED) is 0.460. The van der Waals surface area contributed by atoms with E-state index < -0.39 is 17.8 Å². The number of nitrogens with one attached hydrogen (secondary N) is 4. The van der Waals surface area contributed by atoms with Gasteiger partial charge in [0.2, 0.25) is 5.91 Å². The second-order valence-corrected chi connectivity index (χ2v) is 7.76. The molecule has 4 amide bonds. The molecule has 0 heterocycles. The first-order chi connectivity index (χ1) is 15.7. The molecule has 176 valence electrons. The summed E-state index contributed by atoms with van der Waals surface area (Å²) < 4.78 is 37.7. The Kier molecular flexibility index (Phi) is 7.92. The number of amides is 4. The zero-order valence-electron chi connectivity index (χ0n) is 17.8. The molecule has 0 saturated heterocycles. The van der Waals surface area contributed by atoms with Gasteiger partial charge in [-0.25, -0.2) is 4.79 Å². The Morgan fingerprint density at radius 1 is 0.788 bits per heavy atom. The molecule has 0 aliphatic heterocycles. The molecule has 0 radical (unpaired) electrons. The van der Waals surface area contributed by atoms with Crippen molar-refractivity contribution in [3.8, 4) is 0 Å². The van der Waals surface area contributed by atoms with Gasteiger partial charge in [-0.05, 0) is 61.4 Å². The number of hydrogen-bond acceptors (Lipinski definition) is 3. The van der Waals surface area contributed by atoms with Crippen molar-refractivity contribution in [3.05, 3.63) is 59.7 Å². The SMILES string of the molecule is O=C(NCCNC(=O)c1ccc(NC(=O)C2CCCC2)cc1)Nc1ccc(C(F)(F)F)cc1. The standard InChI is InChI=1S/C23H25F3N4O3/c24-23(25,26)17-7-11-19(12-8-17)30-22(33)28-14-13-27-20(31)16-5-9-18(10-6-16)29-21(32)15-3-1-2-4-15/h5-12,15H,1-4,13-14H2,(H,27,31)(H,29,32)(H2,28,30,33). The third-order valence-corrected chi connectivity index (χ3v) is 5.31. The monoisotopic (exact) mass is 462 g/mol. The molecule has 0 spiro atoms. The molecule has 2 aromatic rings. The highest BCUT2D eigenvalue weighted by Crippen LogP contribution is 2.29. The minimum absolute atomic E-state index is 0.00495. The first kappa shape index (κ1) is 24.1. The summed E-state index contributed by atoms with van der Waals surface area (Å²) in [5.74, 6) is -0.282. The molecule has 1 fully saturated rings. The Morgan fingerprint density at radius 2 is 1.33 bits per heavy atom. The topological polar surface area (TPSA) is 99.3 Å². The normalized spacial score (nSPS) is 13.9. The van der Waals surface area contributed by atoms with E-state index in [9.17, 15) is 27.6 Å². The van der Waals surface area contributed by atoms with Gasteiger partial charge in [-0.3, -0.25) is 9.59 Å². The molecular formula is C23H25F3N4O3. The van der Waals surface area contributed by atoms with Crippen LogP contribution in [0.2, 0.25) is 0 Å². The van der Waals surface area contributed by atoms with E-state index in [4.69, 9.17) is 0 Å². The first-order valence-electron chi connectivity index (χ1n) is 10.6. The summed E-state index contributed by atoms with van der Waals surface area (Å²) in [4.78, 5) is 36.2. The summed E-state index contributed by atoms with van der Waals surface area (Å²) in [7, 11) is 0. The number of carbonyl (C=O) groups is 3. The predicted molar refractivity (Wildman–Crippen MR) is 118 cm³/mol. The highest BCUT2D eigenvalue weighted by atomic mass is 19.4. The van der Waals surface area contributed by atoms with Crippen LogP contribution in [0.1, 0.15) is 41.6 Å². The number of anilines is 2. The van der Waals surface area contributed by atoms with Crippen LogP contribution in [-0.2, 0) is 11.0 Å². The van der Waals surface area contributed by atoms with E-state index >= 15 is 0 Å². The van der Waals surface area contributed by atoms with Crippen molar-refractivity contribution >= 4 is 29.2 Å². The number of alkyl halides is 3. The summed E-state index contributed by atoms with van der Waals surface area (Å²) in [6.07, 6.45) is -0.486. The molecule has 2 aromatic carbocycles. The summed E-state index contributed by atoms with van der Waals surface area (Å²) in [6, 6.07) is 9.99. The number of urea groups is 1. The third kappa shape index (κ3) is 7.23. The summed E-state index contributed by atoms with van der Waals surface area (Å²) in [5.41, 5.74) is 0.443.